The Morgan fingerprint density at radius 1 is 0.958 bits per heavy atom. The number of rotatable bonds is 5. The maximum Gasteiger partial charge on any atom is 0.416 e. The lowest BCUT2D eigenvalue weighted by atomic mass is 9.96. The van der Waals surface area contributed by atoms with E-state index in [2.05, 4.69) is 4.72 Å². The highest BCUT2D eigenvalue weighted by atomic mass is 32.2. The molecule has 0 unspecified atom stereocenters. The minimum absolute atomic E-state index is 0.167. The Balaban J connectivity index is 1.73. The third kappa shape index (κ3) is 3.47. The van der Waals surface area contributed by atoms with E-state index in [1.807, 2.05) is 30.3 Å². The molecular formula is C17H16F3NO2S. The summed E-state index contributed by atoms with van der Waals surface area (Å²) >= 11 is 0. The SMILES string of the molecule is O=S(=O)(NCC1(c2ccccc2)CC1)c1ccc(C(F)(F)F)cc1. The fraction of sp³-hybridized carbons (Fsp3) is 0.294. The van der Waals surface area contributed by atoms with Gasteiger partial charge in [-0.05, 0) is 42.7 Å². The van der Waals surface area contributed by atoms with Gasteiger partial charge in [-0.15, -0.1) is 0 Å². The average Bonchev–Trinajstić information content (AvgIpc) is 3.35. The van der Waals surface area contributed by atoms with Crippen molar-refractivity contribution in [2.24, 2.45) is 0 Å². The Morgan fingerprint density at radius 3 is 2.04 bits per heavy atom. The van der Waals surface area contributed by atoms with Crippen LogP contribution >= 0.6 is 0 Å². The highest BCUT2D eigenvalue weighted by Crippen LogP contribution is 2.47. The van der Waals surface area contributed by atoms with E-state index in [0.717, 1.165) is 42.7 Å². The van der Waals surface area contributed by atoms with Crippen LogP contribution in [-0.2, 0) is 21.6 Å². The second-order valence-electron chi connectivity index (χ2n) is 5.99. The van der Waals surface area contributed by atoms with E-state index in [-0.39, 0.29) is 16.9 Å². The highest BCUT2D eigenvalue weighted by molar-refractivity contribution is 7.89. The van der Waals surface area contributed by atoms with Gasteiger partial charge in [-0.25, -0.2) is 13.1 Å². The summed E-state index contributed by atoms with van der Waals surface area (Å²) < 4.78 is 64.8. The minimum Gasteiger partial charge on any atom is -0.210 e. The maximum absolute atomic E-state index is 12.6. The van der Waals surface area contributed by atoms with Gasteiger partial charge in [0.2, 0.25) is 10.0 Å². The number of halogens is 3. The Kier molecular flexibility index (Phi) is 4.17. The average molecular weight is 355 g/mol. The first-order chi connectivity index (χ1) is 11.2. The molecule has 1 saturated carbocycles. The second-order valence-corrected chi connectivity index (χ2v) is 7.76. The molecule has 0 atom stereocenters. The Bertz CT molecular complexity index is 811. The predicted octanol–water partition coefficient (Wildman–Crippen LogP) is 3.72. The van der Waals surface area contributed by atoms with Gasteiger partial charge in [0.05, 0.1) is 10.5 Å². The van der Waals surface area contributed by atoms with Gasteiger partial charge >= 0.3 is 6.18 Å². The van der Waals surface area contributed by atoms with Crippen molar-refractivity contribution in [1.82, 2.24) is 4.72 Å². The van der Waals surface area contributed by atoms with Crippen LogP contribution in [0.15, 0.2) is 59.5 Å². The molecule has 1 aliphatic carbocycles. The number of hydrogen-bond donors (Lipinski definition) is 1. The lowest BCUT2D eigenvalue weighted by Gasteiger charge is -2.17. The molecule has 2 aromatic carbocycles. The molecule has 1 aliphatic rings. The zero-order chi connectivity index (χ0) is 17.4. The maximum atomic E-state index is 12.6. The lowest BCUT2D eigenvalue weighted by molar-refractivity contribution is -0.137. The molecule has 1 N–H and O–H groups in total. The molecule has 0 bridgehead atoms. The molecule has 0 spiro atoms. The Hall–Kier alpha value is -1.86. The fourth-order valence-electron chi connectivity index (χ4n) is 2.65. The van der Waals surface area contributed by atoms with Crippen LogP contribution in [0.5, 0.6) is 0 Å². The topological polar surface area (TPSA) is 46.2 Å². The van der Waals surface area contributed by atoms with E-state index >= 15 is 0 Å². The summed E-state index contributed by atoms with van der Waals surface area (Å²) in [4.78, 5) is -0.167. The van der Waals surface area contributed by atoms with Crippen molar-refractivity contribution < 1.29 is 21.6 Å². The summed E-state index contributed by atoms with van der Waals surface area (Å²) in [7, 11) is -3.84. The monoisotopic (exact) mass is 355 g/mol. The van der Waals surface area contributed by atoms with Gasteiger partial charge in [0, 0.05) is 12.0 Å². The van der Waals surface area contributed by atoms with E-state index in [4.69, 9.17) is 0 Å². The number of alkyl halides is 3. The van der Waals surface area contributed by atoms with Crippen molar-refractivity contribution in [3.8, 4) is 0 Å². The molecule has 7 heteroatoms. The Labute approximate surface area is 138 Å². The molecule has 0 saturated heterocycles. The first-order valence-electron chi connectivity index (χ1n) is 7.45. The van der Waals surface area contributed by atoms with Crippen LogP contribution in [0.1, 0.15) is 24.0 Å². The molecule has 2 aromatic rings. The summed E-state index contributed by atoms with van der Waals surface area (Å²) in [6.07, 6.45) is -2.72. The molecule has 1 fully saturated rings. The third-order valence-corrected chi connectivity index (χ3v) is 5.75. The summed E-state index contributed by atoms with van der Waals surface area (Å²) in [6.45, 7) is 0.236. The van der Waals surface area contributed by atoms with Gasteiger partial charge in [0.1, 0.15) is 0 Å². The van der Waals surface area contributed by atoms with Gasteiger partial charge in [0.25, 0.3) is 0 Å². The molecular weight excluding hydrogens is 339 g/mol. The highest BCUT2D eigenvalue weighted by Gasteiger charge is 2.44. The number of benzene rings is 2. The molecule has 24 heavy (non-hydrogen) atoms. The van der Waals surface area contributed by atoms with E-state index in [1.54, 1.807) is 0 Å². The second kappa shape index (κ2) is 5.89. The van der Waals surface area contributed by atoms with Crippen molar-refractivity contribution in [1.29, 1.82) is 0 Å². The van der Waals surface area contributed by atoms with Crippen LogP contribution in [0, 0.1) is 0 Å². The van der Waals surface area contributed by atoms with Crippen molar-refractivity contribution >= 4 is 10.0 Å². The Morgan fingerprint density at radius 2 is 1.54 bits per heavy atom. The summed E-state index contributed by atoms with van der Waals surface area (Å²) in [6, 6.07) is 13.1. The van der Waals surface area contributed by atoms with E-state index < -0.39 is 21.8 Å². The van der Waals surface area contributed by atoms with Crippen molar-refractivity contribution in [3.05, 3.63) is 65.7 Å². The number of nitrogens with one attached hydrogen (secondary N) is 1. The van der Waals surface area contributed by atoms with Gasteiger partial charge < -0.3 is 0 Å². The predicted molar refractivity (Wildman–Crippen MR) is 84.0 cm³/mol. The molecule has 0 radical (unpaired) electrons. The summed E-state index contributed by atoms with van der Waals surface area (Å²) in [5, 5.41) is 0. The molecule has 0 aromatic heterocycles. The van der Waals surface area contributed by atoms with Crippen LogP contribution in [0.2, 0.25) is 0 Å². The van der Waals surface area contributed by atoms with Crippen LogP contribution in [-0.4, -0.2) is 15.0 Å². The van der Waals surface area contributed by atoms with Gasteiger partial charge in [-0.3, -0.25) is 0 Å². The number of sulfonamides is 1. The van der Waals surface area contributed by atoms with E-state index in [0.29, 0.717) is 0 Å². The first-order valence-corrected chi connectivity index (χ1v) is 8.94. The zero-order valence-electron chi connectivity index (χ0n) is 12.7. The van der Waals surface area contributed by atoms with Crippen molar-refractivity contribution in [2.45, 2.75) is 29.3 Å². The molecule has 3 rings (SSSR count). The molecule has 0 aliphatic heterocycles. The first kappa shape index (κ1) is 17.0. The minimum atomic E-state index is -4.49. The van der Waals surface area contributed by atoms with Gasteiger partial charge in [-0.2, -0.15) is 13.2 Å². The quantitative estimate of drug-likeness (QED) is 0.889. The smallest absolute Gasteiger partial charge is 0.210 e. The summed E-state index contributed by atoms with van der Waals surface area (Å²) in [5.74, 6) is 0. The molecule has 0 amide bonds. The number of hydrogen-bond acceptors (Lipinski definition) is 2. The van der Waals surface area contributed by atoms with Crippen LogP contribution in [0.4, 0.5) is 13.2 Å². The van der Waals surface area contributed by atoms with Crippen molar-refractivity contribution in [2.75, 3.05) is 6.54 Å². The van der Waals surface area contributed by atoms with Crippen LogP contribution in [0.25, 0.3) is 0 Å². The van der Waals surface area contributed by atoms with Gasteiger partial charge in [-0.1, -0.05) is 30.3 Å². The van der Waals surface area contributed by atoms with Crippen molar-refractivity contribution in [3.63, 3.8) is 0 Å². The normalized spacial score (nSPS) is 16.8. The largest absolute Gasteiger partial charge is 0.416 e. The van der Waals surface area contributed by atoms with E-state index in [1.165, 1.54) is 0 Å². The molecule has 3 nitrogen and oxygen atoms in total. The molecule has 0 heterocycles. The third-order valence-electron chi connectivity index (χ3n) is 4.33. The zero-order valence-corrected chi connectivity index (χ0v) is 13.5. The lowest BCUT2D eigenvalue weighted by Crippen LogP contribution is -2.32. The van der Waals surface area contributed by atoms with E-state index in [9.17, 15) is 21.6 Å². The summed E-state index contributed by atoms with van der Waals surface area (Å²) in [5.41, 5.74) is -0.00947. The van der Waals surface area contributed by atoms with Crippen LogP contribution in [0.3, 0.4) is 0 Å². The fourth-order valence-corrected chi connectivity index (χ4v) is 3.78. The van der Waals surface area contributed by atoms with Crippen LogP contribution < -0.4 is 4.72 Å². The molecule has 128 valence electrons. The standard InChI is InChI=1S/C17H16F3NO2S/c18-17(19,20)14-6-8-15(9-7-14)24(22,23)21-12-16(10-11-16)13-4-2-1-3-5-13/h1-9,21H,10-12H2. The van der Waals surface area contributed by atoms with Gasteiger partial charge in [0.15, 0.2) is 0 Å².